The number of thiazole rings is 1. The van der Waals surface area contributed by atoms with E-state index in [2.05, 4.69) is 37.7 Å². The first-order valence-electron chi connectivity index (χ1n) is 7.09. The van der Waals surface area contributed by atoms with Gasteiger partial charge in [-0.3, -0.25) is 4.98 Å². The summed E-state index contributed by atoms with van der Waals surface area (Å²) in [4.78, 5) is 9.00. The summed E-state index contributed by atoms with van der Waals surface area (Å²) in [6.45, 7) is 0. The summed E-state index contributed by atoms with van der Waals surface area (Å²) in [6, 6.07) is 14.0. The topological polar surface area (TPSA) is 51.6 Å². The van der Waals surface area contributed by atoms with E-state index in [0.29, 0.717) is 0 Å². The zero-order valence-corrected chi connectivity index (χ0v) is 13.7. The molecule has 0 spiro atoms. The quantitative estimate of drug-likeness (QED) is 0.516. The summed E-state index contributed by atoms with van der Waals surface area (Å²) in [5.74, 6) is 0.770. The Bertz CT molecular complexity index is 932. The Hall–Kier alpha value is -2.31. The number of pyridine rings is 1. The second-order valence-corrected chi connectivity index (χ2v) is 6.71. The summed E-state index contributed by atoms with van der Waals surface area (Å²) in [6.07, 6.45) is 3.58. The summed E-state index contributed by atoms with van der Waals surface area (Å²) in [5.41, 5.74) is 1.95. The molecule has 0 atom stereocenters. The van der Waals surface area contributed by atoms with E-state index < -0.39 is 0 Å². The smallest absolute Gasteiger partial charge is 0.142 e. The van der Waals surface area contributed by atoms with Gasteiger partial charge >= 0.3 is 0 Å². The number of benzene rings is 1. The van der Waals surface area contributed by atoms with Crippen LogP contribution >= 0.6 is 23.1 Å². The zero-order valence-electron chi connectivity index (χ0n) is 12.1. The highest BCUT2D eigenvalue weighted by Gasteiger charge is 2.08. The van der Waals surface area contributed by atoms with E-state index >= 15 is 0 Å². The fourth-order valence-corrected chi connectivity index (χ4v) is 4.01. The van der Waals surface area contributed by atoms with Gasteiger partial charge in [0.25, 0.3) is 0 Å². The normalized spacial score (nSPS) is 11.0. The average molecular weight is 336 g/mol. The molecule has 4 rings (SSSR count). The lowest BCUT2D eigenvalue weighted by atomic mass is 10.2. The highest BCUT2D eigenvalue weighted by Crippen LogP contribution is 2.29. The number of rotatable bonds is 4. The Morgan fingerprint density at radius 1 is 1.04 bits per heavy atom. The van der Waals surface area contributed by atoms with Gasteiger partial charge in [0.05, 0.1) is 17.6 Å². The van der Waals surface area contributed by atoms with Gasteiger partial charge in [0, 0.05) is 28.1 Å². The highest BCUT2D eigenvalue weighted by molar-refractivity contribution is 7.98. The molecule has 112 valence electrons. The van der Waals surface area contributed by atoms with E-state index in [1.165, 1.54) is 0 Å². The monoisotopic (exact) mass is 336 g/mol. The average Bonchev–Trinajstić information content (AvgIpc) is 3.10. The van der Waals surface area contributed by atoms with Crippen LogP contribution in [-0.2, 0) is 5.75 Å². The first-order chi connectivity index (χ1) is 11.4. The van der Waals surface area contributed by atoms with Gasteiger partial charge in [0.1, 0.15) is 10.0 Å². The van der Waals surface area contributed by atoms with Crippen LogP contribution < -0.4 is 0 Å². The Balaban J connectivity index is 1.54. The van der Waals surface area contributed by atoms with Crippen molar-refractivity contribution in [3.8, 4) is 10.7 Å². The van der Waals surface area contributed by atoms with Crippen molar-refractivity contribution in [2.24, 2.45) is 0 Å². The van der Waals surface area contributed by atoms with Crippen molar-refractivity contribution < 1.29 is 0 Å². The molecule has 0 N–H and O–H groups in total. The molecule has 0 saturated heterocycles. The van der Waals surface area contributed by atoms with Gasteiger partial charge in [0.15, 0.2) is 0 Å². The fraction of sp³-hybridized carbons (Fsp3) is 0.0588. The summed E-state index contributed by atoms with van der Waals surface area (Å²) in [5, 5.41) is 14.6. The molecule has 0 amide bonds. The van der Waals surface area contributed by atoms with Crippen molar-refractivity contribution in [3.05, 3.63) is 65.9 Å². The molecule has 0 aliphatic rings. The minimum Gasteiger partial charge on any atom is -0.254 e. The third-order valence-electron chi connectivity index (χ3n) is 3.33. The number of thioether (sulfide) groups is 1. The largest absolute Gasteiger partial charge is 0.254 e. The first-order valence-corrected chi connectivity index (χ1v) is 8.96. The van der Waals surface area contributed by atoms with Crippen LogP contribution in [0.4, 0.5) is 0 Å². The molecule has 0 saturated carbocycles. The number of fused-ring (bicyclic) bond motifs is 1. The summed E-state index contributed by atoms with van der Waals surface area (Å²) >= 11 is 3.28. The maximum absolute atomic E-state index is 4.66. The van der Waals surface area contributed by atoms with Gasteiger partial charge in [-0.2, -0.15) is 5.10 Å². The van der Waals surface area contributed by atoms with Crippen LogP contribution in [0.25, 0.3) is 21.5 Å². The van der Waals surface area contributed by atoms with Gasteiger partial charge in [-0.1, -0.05) is 42.1 Å². The van der Waals surface area contributed by atoms with Crippen LogP contribution in [0.15, 0.2) is 65.3 Å². The van der Waals surface area contributed by atoms with Crippen LogP contribution in [0.5, 0.6) is 0 Å². The molecular weight excluding hydrogens is 324 g/mol. The van der Waals surface area contributed by atoms with Gasteiger partial charge in [-0.25, -0.2) is 4.98 Å². The molecule has 0 radical (unpaired) electrons. The molecular formula is C17H12N4S2. The van der Waals surface area contributed by atoms with Crippen molar-refractivity contribution in [2.75, 3.05) is 0 Å². The van der Waals surface area contributed by atoms with E-state index in [4.69, 9.17) is 0 Å². The minimum absolute atomic E-state index is 0.770. The Morgan fingerprint density at radius 3 is 2.87 bits per heavy atom. The second-order valence-electron chi connectivity index (χ2n) is 4.88. The molecule has 0 aliphatic carbocycles. The SMILES string of the molecule is c1ccc(-c2nc(CSc3nncc4ccccc34)cs2)nc1. The molecule has 3 heterocycles. The second kappa shape index (κ2) is 6.44. The molecule has 0 unspecified atom stereocenters. The van der Waals surface area contributed by atoms with Crippen LogP contribution in [0.1, 0.15) is 5.69 Å². The number of hydrogen-bond acceptors (Lipinski definition) is 6. The van der Waals surface area contributed by atoms with E-state index in [-0.39, 0.29) is 0 Å². The lowest BCUT2D eigenvalue weighted by Gasteiger charge is -2.02. The lowest BCUT2D eigenvalue weighted by molar-refractivity contribution is 0.955. The van der Waals surface area contributed by atoms with Gasteiger partial charge < -0.3 is 0 Å². The zero-order chi connectivity index (χ0) is 15.5. The molecule has 4 aromatic rings. The molecule has 0 fully saturated rings. The molecule has 6 heteroatoms. The van der Waals surface area contributed by atoms with E-state index in [1.54, 1.807) is 35.5 Å². The van der Waals surface area contributed by atoms with Gasteiger partial charge in [-0.05, 0) is 12.1 Å². The predicted molar refractivity (Wildman–Crippen MR) is 94.4 cm³/mol. The molecule has 3 aromatic heterocycles. The fourth-order valence-electron chi connectivity index (χ4n) is 2.23. The Morgan fingerprint density at radius 2 is 1.96 bits per heavy atom. The number of nitrogens with zero attached hydrogens (tertiary/aromatic N) is 4. The van der Waals surface area contributed by atoms with Crippen molar-refractivity contribution in [1.82, 2.24) is 20.2 Å². The first kappa shape index (κ1) is 14.3. The van der Waals surface area contributed by atoms with Gasteiger partial charge in [-0.15, -0.1) is 16.4 Å². The number of aromatic nitrogens is 4. The Labute approximate surface area is 141 Å². The maximum Gasteiger partial charge on any atom is 0.142 e. The van der Waals surface area contributed by atoms with E-state index in [1.807, 2.05) is 30.3 Å². The van der Waals surface area contributed by atoms with Crippen LogP contribution in [-0.4, -0.2) is 20.2 Å². The van der Waals surface area contributed by atoms with Crippen molar-refractivity contribution >= 4 is 33.9 Å². The number of hydrogen-bond donors (Lipinski definition) is 0. The predicted octanol–water partition coefficient (Wildman–Crippen LogP) is 4.44. The molecule has 4 nitrogen and oxygen atoms in total. The summed E-state index contributed by atoms with van der Waals surface area (Å²) in [7, 11) is 0. The van der Waals surface area contributed by atoms with Crippen LogP contribution in [0.2, 0.25) is 0 Å². The maximum atomic E-state index is 4.66. The van der Waals surface area contributed by atoms with Crippen molar-refractivity contribution in [2.45, 2.75) is 10.8 Å². The lowest BCUT2D eigenvalue weighted by Crippen LogP contribution is -1.89. The Kier molecular flexibility index (Phi) is 4.00. The summed E-state index contributed by atoms with van der Waals surface area (Å²) < 4.78 is 0. The molecule has 0 aliphatic heterocycles. The van der Waals surface area contributed by atoms with E-state index in [9.17, 15) is 0 Å². The van der Waals surface area contributed by atoms with Gasteiger partial charge in [0.2, 0.25) is 0 Å². The van der Waals surface area contributed by atoms with Crippen molar-refractivity contribution in [1.29, 1.82) is 0 Å². The molecule has 23 heavy (non-hydrogen) atoms. The molecule has 0 bridgehead atoms. The molecule has 1 aromatic carbocycles. The minimum atomic E-state index is 0.770. The van der Waals surface area contributed by atoms with Crippen molar-refractivity contribution in [3.63, 3.8) is 0 Å². The van der Waals surface area contributed by atoms with E-state index in [0.717, 1.165) is 37.9 Å². The van der Waals surface area contributed by atoms with Crippen LogP contribution in [0.3, 0.4) is 0 Å². The third-order valence-corrected chi connectivity index (χ3v) is 5.26. The third kappa shape index (κ3) is 3.09. The standard InChI is InChI=1S/C17H12N4S2/c1-2-6-14-12(5-1)9-19-21-16(14)22-10-13-11-23-17(20-13)15-7-3-4-8-18-15/h1-9,11H,10H2. The highest BCUT2D eigenvalue weighted by atomic mass is 32.2. The van der Waals surface area contributed by atoms with Crippen LogP contribution in [0, 0.1) is 0 Å².